The van der Waals surface area contributed by atoms with Gasteiger partial charge in [0.05, 0.1) is 63.0 Å². The molecule has 0 aromatic heterocycles. The average Bonchev–Trinajstić information content (AvgIpc) is 3.81. The number of benzene rings is 3. The summed E-state index contributed by atoms with van der Waals surface area (Å²) < 4.78 is 78.3. The maximum Gasteiger partial charge on any atom is 0.302 e. The van der Waals surface area contributed by atoms with Crippen LogP contribution < -0.4 is 0 Å². The Morgan fingerprint density at radius 2 is 1.06 bits per heavy atom. The number of carbonyl (C=O) groups excluding carboxylic acids is 1. The molecule has 9 unspecified atom stereocenters. The molecule has 0 saturated carbocycles. The summed E-state index contributed by atoms with van der Waals surface area (Å²) in [7, 11) is 0. The number of azide groups is 2. The molecule has 378 valence electrons. The van der Waals surface area contributed by atoms with Crippen molar-refractivity contribution in [2.45, 2.75) is 167 Å². The van der Waals surface area contributed by atoms with E-state index in [4.69, 9.17) is 56.8 Å². The van der Waals surface area contributed by atoms with Gasteiger partial charge >= 0.3 is 5.97 Å². The lowest BCUT2D eigenvalue weighted by atomic mass is 9.85. The zero-order valence-corrected chi connectivity index (χ0v) is 40.7. The van der Waals surface area contributed by atoms with Gasteiger partial charge in [0, 0.05) is 34.5 Å². The van der Waals surface area contributed by atoms with Crippen LogP contribution in [0.5, 0.6) is 0 Å². The van der Waals surface area contributed by atoms with Crippen LogP contribution >= 0.6 is 0 Å². The minimum Gasteiger partial charge on any atom is -0.463 e. The molecular formula is C51H66N6O13. The Balaban J connectivity index is 1.03. The molecule has 0 amide bonds. The highest BCUT2D eigenvalue weighted by Crippen LogP contribution is 2.42. The number of esters is 1. The molecule has 20 atom stereocenters. The van der Waals surface area contributed by atoms with E-state index < -0.39 is 104 Å². The van der Waals surface area contributed by atoms with Crippen LogP contribution in [-0.2, 0) is 81.5 Å². The zero-order valence-electron chi connectivity index (χ0n) is 40.7. The maximum atomic E-state index is 12.3. The number of rotatable bonds is 19. The molecule has 19 nitrogen and oxygen atoms in total. The summed E-state index contributed by atoms with van der Waals surface area (Å²) >= 11 is 0. The summed E-state index contributed by atoms with van der Waals surface area (Å²) in [6.07, 6.45) is -9.96. The lowest BCUT2D eigenvalue weighted by Crippen LogP contribution is -2.63. The van der Waals surface area contributed by atoms with Crippen molar-refractivity contribution < 1.29 is 61.6 Å². The Hall–Kier alpha value is -4.69. The van der Waals surface area contributed by atoms with Crippen molar-refractivity contribution in [2.75, 3.05) is 13.2 Å². The van der Waals surface area contributed by atoms with E-state index in [1.54, 1.807) is 0 Å². The van der Waals surface area contributed by atoms with E-state index in [1.165, 1.54) is 6.92 Å². The van der Waals surface area contributed by atoms with E-state index in [0.29, 0.717) is 6.61 Å². The molecule has 5 saturated heterocycles. The van der Waals surface area contributed by atoms with E-state index in [-0.39, 0.29) is 50.5 Å². The molecule has 19 heteroatoms. The quantitative estimate of drug-likeness (QED) is 0.0477. The normalized spacial score (nSPS) is 38.2. The Bertz CT molecular complexity index is 2230. The number of ether oxygens (including phenoxy) is 12. The molecule has 2 bridgehead atoms. The standard InChI is InChI=1S/C51H66N6O13/c1-28-32(5)64-48(30(3)42(28)60-23-35-17-11-8-12-18-35)68-43-29(2)40(54-56-52)51(67-38(43)26-59-34(7)58)69-45-33(6)65-49(31(4)44(45)61-24-36-19-13-9-14-20-36)70-46-39-27-63-50(66-39)41(55-57-53)47(46)62-25-37-21-15-10-16-22-37/h8-22,28-33,38-51H,23-27H2,1-7H3/t28-,29-,30?,31?,32?,33?,38?,39+,40?,41?,42-,43+,44+,45?,46-,47?,48+,49+,50-,51+/m1/s1. The summed E-state index contributed by atoms with van der Waals surface area (Å²) in [5, 5.41) is 8.31. The monoisotopic (exact) mass is 970 g/mol. The van der Waals surface area contributed by atoms with Crippen LogP contribution in [0.1, 0.15) is 65.2 Å². The van der Waals surface area contributed by atoms with Gasteiger partial charge in [0.1, 0.15) is 43.2 Å². The molecule has 0 aliphatic carbocycles. The summed E-state index contributed by atoms with van der Waals surface area (Å²) in [5.41, 5.74) is 22.6. The molecule has 5 fully saturated rings. The molecule has 0 N–H and O–H groups in total. The maximum absolute atomic E-state index is 12.3. The highest BCUT2D eigenvalue weighted by molar-refractivity contribution is 5.65. The first-order valence-corrected chi connectivity index (χ1v) is 24.3. The first kappa shape index (κ1) is 51.7. The number of hydrogen-bond acceptors (Lipinski definition) is 15. The van der Waals surface area contributed by atoms with Gasteiger partial charge < -0.3 is 56.8 Å². The summed E-state index contributed by atoms with van der Waals surface area (Å²) in [5.74, 6) is -1.72. The molecule has 5 heterocycles. The van der Waals surface area contributed by atoms with Crippen molar-refractivity contribution in [3.8, 4) is 0 Å². The Kier molecular flexibility index (Phi) is 17.8. The van der Waals surface area contributed by atoms with Gasteiger partial charge in [-0.15, -0.1) is 0 Å². The third-order valence-electron chi connectivity index (χ3n) is 14.2. The van der Waals surface area contributed by atoms with Gasteiger partial charge in [-0.05, 0) is 47.5 Å². The van der Waals surface area contributed by atoms with Crippen LogP contribution in [0.15, 0.2) is 101 Å². The van der Waals surface area contributed by atoms with Crippen LogP contribution in [-0.4, -0.2) is 117 Å². The molecule has 5 aliphatic rings. The number of fused-ring (bicyclic) bond motifs is 2. The van der Waals surface area contributed by atoms with Gasteiger partial charge in [0.15, 0.2) is 25.2 Å². The van der Waals surface area contributed by atoms with Gasteiger partial charge in [-0.3, -0.25) is 4.79 Å². The van der Waals surface area contributed by atoms with Crippen LogP contribution in [0, 0.1) is 23.7 Å². The first-order chi connectivity index (χ1) is 33.9. The van der Waals surface area contributed by atoms with Crippen LogP contribution in [0.4, 0.5) is 0 Å². The van der Waals surface area contributed by atoms with Crippen molar-refractivity contribution in [1.29, 1.82) is 0 Å². The van der Waals surface area contributed by atoms with E-state index in [1.807, 2.05) is 126 Å². The van der Waals surface area contributed by atoms with Crippen LogP contribution in [0.3, 0.4) is 0 Å². The lowest BCUT2D eigenvalue weighted by Gasteiger charge is -2.51. The zero-order chi connectivity index (χ0) is 49.3. The number of nitrogens with zero attached hydrogens (tertiary/aromatic N) is 6. The van der Waals surface area contributed by atoms with Crippen molar-refractivity contribution in [3.05, 3.63) is 129 Å². The second-order valence-corrected chi connectivity index (χ2v) is 19.1. The number of hydrogen-bond donors (Lipinski definition) is 0. The van der Waals surface area contributed by atoms with Gasteiger partial charge in [-0.25, -0.2) is 0 Å². The van der Waals surface area contributed by atoms with E-state index in [9.17, 15) is 15.9 Å². The minimum absolute atomic E-state index is 0.0532. The van der Waals surface area contributed by atoms with Crippen LogP contribution in [0.25, 0.3) is 20.9 Å². The van der Waals surface area contributed by atoms with Crippen molar-refractivity contribution >= 4 is 5.97 Å². The van der Waals surface area contributed by atoms with Crippen molar-refractivity contribution in [3.63, 3.8) is 0 Å². The van der Waals surface area contributed by atoms with Crippen molar-refractivity contribution in [1.82, 2.24) is 0 Å². The average molecular weight is 971 g/mol. The summed E-state index contributed by atoms with van der Waals surface area (Å²) in [6, 6.07) is 27.6. The smallest absolute Gasteiger partial charge is 0.302 e. The van der Waals surface area contributed by atoms with E-state index in [2.05, 4.69) is 27.0 Å². The highest BCUT2D eigenvalue weighted by atomic mass is 16.8. The second-order valence-electron chi connectivity index (χ2n) is 19.1. The third-order valence-corrected chi connectivity index (χ3v) is 14.2. The third kappa shape index (κ3) is 12.1. The molecule has 3 aromatic rings. The van der Waals surface area contributed by atoms with E-state index >= 15 is 0 Å². The topological polar surface area (TPSA) is 225 Å². The lowest BCUT2D eigenvalue weighted by molar-refractivity contribution is -0.358. The molecular weight excluding hydrogens is 905 g/mol. The van der Waals surface area contributed by atoms with Crippen molar-refractivity contribution in [2.24, 2.45) is 33.9 Å². The predicted molar refractivity (Wildman–Crippen MR) is 251 cm³/mol. The Morgan fingerprint density at radius 1 is 0.557 bits per heavy atom. The molecule has 70 heavy (non-hydrogen) atoms. The first-order valence-electron chi connectivity index (χ1n) is 24.3. The highest BCUT2D eigenvalue weighted by Gasteiger charge is 2.56. The molecule has 0 spiro atoms. The molecule has 5 aliphatic heterocycles. The predicted octanol–water partition coefficient (Wildman–Crippen LogP) is 8.33. The fraction of sp³-hybridized carbons (Fsp3) is 0.627. The Labute approximate surface area is 408 Å². The fourth-order valence-electron chi connectivity index (χ4n) is 10.2. The van der Waals surface area contributed by atoms with Gasteiger partial charge in [0.25, 0.3) is 0 Å². The van der Waals surface area contributed by atoms with E-state index in [0.717, 1.165) is 16.7 Å². The van der Waals surface area contributed by atoms with Gasteiger partial charge in [-0.2, -0.15) is 0 Å². The molecule has 3 aromatic carbocycles. The number of carbonyl (C=O) groups is 1. The summed E-state index contributed by atoms with van der Waals surface area (Å²) in [6.45, 7) is 14.0. The largest absolute Gasteiger partial charge is 0.463 e. The van der Waals surface area contributed by atoms with Gasteiger partial charge in [-0.1, -0.05) is 129 Å². The molecule has 8 rings (SSSR count). The fourth-order valence-corrected chi connectivity index (χ4v) is 10.2. The summed E-state index contributed by atoms with van der Waals surface area (Å²) in [4.78, 5) is 18.7. The Morgan fingerprint density at radius 3 is 1.63 bits per heavy atom. The second kappa shape index (κ2) is 24.2. The SMILES string of the molecule is CC(=O)OCC1O[C@@H](OC2C(C)O[C@@H](O[C@H]3C(OCc4ccccc4)C(N=[N+]=[N-])[C@@H]4OC[C@@H]3O4)C(C)[C@@H]2OCc2ccccc2)C(N=[N+]=[N-])[C@@H](C)[C@@H]1O[C@@H]1OC(C)[C@@H](C)[C@@H](OCc2ccccc2)C1C. The van der Waals surface area contributed by atoms with Gasteiger partial charge in [0.2, 0.25) is 0 Å². The molecule has 0 radical (unpaired) electrons. The minimum atomic E-state index is -1.17. The van der Waals surface area contributed by atoms with Crippen LogP contribution in [0.2, 0.25) is 0 Å².